The fraction of sp³-hybridized carbons (Fsp3) is 0.863. The molecule has 0 fully saturated rings. The monoisotopic (exact) mass is 803 g/mol. The Balaban J connectivity index is 4.34. The molecule has 0 N–H and O–H groups in total. The number of hydrogen-bond donors (Lipinski definition) is 0. The number of carbonyl (C=O) groups excluding carboxylic acids is 3. The SMILES string of the molecule is CCCC/C=C\C/C=C\CCCCCCCC(=O)O[C@H](COC(=O)CCCCCCCCCCCC)COC(=O)CCCCCCCCCCCCCCCCC. The molecule has 0 aliphatic rings. The number of esters is 3. The maximum Gasteiger partial charge on any atom is 0.306 e. The predicted octanol–water partition coefficient (Wildman–Crippen LogP) is 16.0. The summed E-state index contributed by atoms with van der Waals surface area (Å²) < 4.78 is 16.7. The lowest BCUT2D eigenvalue weighted by Crippen LogP contribution is -2.30. The van der Waals surface area contributed by atoms with E-state index >= 15 is 0 Å². The van der Waals surface area contributed by atoms with E-state index in [4.69, 9.17) is 14.2 Å². The molecular formula is C51H94O6. The lowest BCUT2D eigenvalue weighted by molar-refractivity contribution is -0.167. The van der Waals surface area contributed by atoms with Crippen molar-refractivity contribution < 1.29 is 28.6 Å². The summed E-state index contributed by atoms with van der Waals surface area (Å²) >= 11 is 0. The van der Waals surface area contributed by atoms with Crippen LogP contribution < -0.4 is 0 Å². The number of hydrogen-bond acceptors (Lipinski definition) is 6. The van der Waals surface area contributed by atoms with Crippen LogP contribution in [0.15, 0.2) is 24.3 Å². The normalized spacial score (nSPS) is 12.1. The Bertz CT molecular complexity index is 927. The van der Waals surface area contributed by atoms with E-state index < -0.39 is 6.10 Å². The molecule has 0 aromatic rings. The maximum absolute atomic E-state index is 12.7. The molecule has 6 heteroatoms. The summed E-state index contributed by atoms with van der Waals surface area (Å²) in [4.78, 5) is 37.8. The molecule has 57 heavy (non-hydrogen) atoms. The molecule has 0 saturated carbocycles. The molecule has 0 amide bonds. The van der Waals surface area contributed by atoms with Crippen molar-refractivity contribution in [2.24, 2.45) is 0 Å². The second-order valence-electron chi connectivity index (χ2n) is 16.7. The highest BCUT2D eigenvalue weighted by atomic mass is 16.6. The van der Waals surface area contributed by atoms with Crippen LogP contribution in [0.2, 0.25) is 0 Å². The van der Waals surface area contributed by atoms with E-state index in [0.717, 1.165) is 83.5 Å². The highest BCUT2D eigenvalue weighted by Crippen LogP contribution is 2.16. The quantitative estimate of drug-likeness (QED) is 0.0264. The molecule has 0 aliphatic carbocycles. The topological polar surface area (TPSA) is 78.9 Å². The molecule has 0 aromatic carbocycles. The zero-order valence-corrected chi connectivity index (χ0v) is 38.1. The zero-order chi connectivity index (χ0) is 41.5. The van der Waals surface area contributed by atoms with Crippen LogP contribution in [0.5, 0.6) is 0 Å². The molecule has 0 bridgehead atoms. The molecule has 0 aromatic heterocycles. The third-order valence-corrected chi connectivity index (χ3v) is 11.0. The second kappa shape index (κ2) is 46.6. The minimum Gasteiger partial charge on any atom is -0.462 e. The Labute approximate surface area is 353 Å². The fourth-order valence-electron chi connectivity index (χ4n) is 7.17. The molecule has 0 rings (SSSR count). The van der Waals surface area contributed by atoms with E-state index in [-0.39, 0.29) is 31.1 Å². The minimum absolute atomic E-state index is 0.0725. The summed E-state index contributed by atoms with van der Waals surface area (Å²) in [5.41, 5.74) is 0. The van der Waals surface area contributed by atoms with Gasteiger partial charge in [0.2, 0.25) is 0 Å². The van der Waals surface area contributed by atoms with Crippen molar-refractivity contribution in [3.63, 3.8) is 0 Å². The van der Waals surface area contributed by atoms with Crippen LogP contribution in [-0.2, 0) is 28.6 Å². The van der Waals surface area contributed by atoms with Crippen molar-refractivity contribution in [2.75, 3.05) is 13.2 Å². The van der Waals surface area contributed by atoms with Crippen LogP contribution in [0.3, 0.4) is 0 Å². The molecule has 0 heterocycles. The number of ether oxygens (including phenoxy) is 3. The number of rotatable bonds is 45. The molecule has 0 radical (unpaired) electrons. The van der Waals surface area contributed by atoms with Crippen LogP contribution in [0.1, 0.15) is 265 Å². The standard InChI is InChI=1S/C51H94O6/c1-4-7-10-13-16-19-22-24-26-28-29-32-35-38-41-44-50(53)56-47-48(46-55-49(52)43-40-37-34-31-21-18-15-12-9-6-3)57-51(54)45-42-39-36-33-30-27-25-23-20-17-14-11-8-5-2/h14,17,23,25,48H,4-13,15-16,18-22,24,26-47H2,1-3H3/b17-14-,25-23-/t48-/m1/s1. The second-order valence-corrected chi connectivity index (χ2v) is 16.7. The van der Waals surface area contributed by atoms with Gasteiger partial charge in [0.15, 0.2) is 6.10 Å². The number of allylic oxidation sites excluding steroid dienone is 4. The summed E-state index contributed by atoms with van der Waals surface area (Å²) in [6, 6.07) is 0. The summed E-state index contributed by atoms with van der Waals surface area (Å²) in [7, 11) is 0. The minimum atomic E-state index is -0.771. The summed E-state index contributed by atoms with van der Waals surface area (Å²) in [5.74, 6) is -0.877. The Morgan fingerprint density at radius 2 is 0.649 bits per heavy atom. The summed E-state index contributed by atoms with van der Waals surface area (Å²) in [6.45, 7) is 6.59. The zero-order valence-electron chi connectivity index (χ0n) is 38.1. The third kappa shape index (κ3) is 44.8. The van der Waals surface area contributed by atoms with Crippen molar-refractivity contribution in [2.45, 2.75) is 271 Å². The summed E-state index contributed by atoms with van der Waals surface area (Å²) in [6.07, 6.45) is 51.5. The Hall–Kier alpha value is -2.11. The van der Waals surface area contributed by atoms with Crippen LogP contribution in [0, 0.1) is 0 Å². The van der Waals surface area contributed by atoms with E-state index in [1.807, 2.05) is 0 Å². The van der Waals surface area contributed by atoms with Gasteiger partial charge in [-0.05, 0) is 44.9 Å². The smallest absolute Gasteiger partial charge is 0.306 e. The van der Waals surface area contributed by atoms with Gasteiger partial charge in [0.1, 0.15) is 13.2 Å². The Morgan fingerprint density at radius 1 is 0.351 bits per heavy atom. The Morgan fingerprint density at radius 3 is 1.02 bits per heavy atom. The predicted molar refractivity (Wildman–Crippen MR) is 243 cm³/mol. The lowest BCUT2D eigenvalue weighted by Gasteiger charge is -2.18. The van der Waals surface area contributed by atoms with Crippen molar-refractivity contribution in [3.8, 4) is 0 Å². The molecule has 334 valence electrons. The van der Waals surface area contributed by atoms with Crippen molar-refractivity contribution >= 4 is 17.9 Å². The fourth-order valence-corrected chi connectivity index (χ4v) is 7.17. The molecule has 0 saturated heterocycles. The Kier molecular flexibility index (Phi) is 44.9. The van der Waals surface area contributed by atoms with Gasteiger partial charge in [0, 0.05) is 19.3 Å². The first-order chi connectivity index (χ1) is 28.0. The average molecular weight is 803 g/mol. The van der Waals surface area contributed by atoms with Gasteiger partial charge >= 0.3 is 17.9 Å². The summed E-state index contributed by atoms with van der Waals surface area (Å²) in [5, 5.41) is 0. The van der Waals surface area contributed by atoms with Gasteiger partial charge < -0.3 is 14.2 Å². The van der Waals surface area contributed by atoms with Gasteiger partial charge in [-0.1, -0.05) is 225 Å². The van der Waals surface area contributed by atoms with Crippen LogP contribution in [0.25, 0.3) is 0 Å². The van der Waals surface area contributed by atoms with Gasteiger partial charge in [-0.25, -0.2) is 0 Å². The van der Waals surface area contributed by atoms with Crippen LogP contribution >= 0.6 is 0 Å². The van der Waals surface area contributed by atoms with Gasteiger partial charge in [0.05, 0.1) is 0 Å². The molecule has 1 atom stereocenters. The largest absolute Gasteiger partial charge is 0.462 e. The van der Waals surface area contributed by atoms with Crippen molar-refractivity contribution in [1.29, 1.82) is 0 Å². The van der Waals surface area contributed by atoms with E-state index in [9.17, 15) is 14.4 Å². The molecule has 0 spiro atoms. The average Bonchev–Trinajstić information content (AvgIpc) is 3.21. The number of carbonyl (C=O) groups is 3. The maximum atomic E-state index is 12.7. The van der Waals surface area contributed by atoms with E-state index in [2.05, 4.69) is 45.1 Å². The van der Waals surface area contributed by atoms with Crippen LogP contribution in [0.4, 0.5) is 0 Å². The van der Waals surface area contributed by atoms with Gasteiger partial charge in [-0.3, -0.25) is 14.4 Å². The molecule has 0 aliphatic heterocycles. The van der Waals surface area contributed by atoms with E-state index in [1.165, 1.54) is 141 Å². The number of unbranched alkanes of at least 4 members (excludes halogenated alkanes) is 30. The van der Waals surface area contributed by atoms with E-state index in [0.29, 0.717) is 19.3 Å². The lowest BCUT2D eigenvalue weighted by atomic mass is 10.0. The highest BCUT2D eigenvalue weighted by Gasteiger charge is 2.19. The highest BCUT2D eigenvalue weighted by molar-refractivity contribution is 5.71. The molecule has 0 unspecified atom stereocenters. The van der Waals surface area contributed by atoms with Gasteiger partial charge in [0.25, 0.3) is 0 Å². The first kappa shape index (κ1) is 54.9. The first-order valence-electron chi connectivity index (χ1n) is 24.8. The van der Waals surface area contributed by atoms with Crippen molar-refractivity contribution in [3.05, 3.63) is 24.3 Å². The molecule has 6 nitrogen and oxygen atoms in total. The van der Waals surface area contributed by atoms with E-state index in [1.54, 1.807) is 0 Å². The third-order valence-electron chi connectivity index (χ3n) is 11.0. The van der Waals surface area contributed by atoms with Gasteiger partial charge in [-0.2, -0.15) is 0 Å². The van der Waals surface area contributed by atoms with Crippen molar-refractivity contribution in [1.82, 2.24) is 0 Å². The molecular weight excluding hydrogens is 709 g/mol. The first-order valence-corrected chi connectivity index (χ1v) is 24.8. The van der Waals surface area contributed by atoms with Gasteiger partial charge in [-0.15, -0.1) is 0 Å². The van der Waals surface area contributed by atoms with Crippen LogP contribution in [-0.4, -0.2) is 37.2 Å².